The van der Waals surface area contributed by atoms with Crippen LogP contribution in [0.5, 0.6) is 0 Å². The third-order valence-corrected chi connectivity index (χ3v) is 6.23. The average Bonchev–Trinajstić information content (AvgIpc) is 3.62. The molecule has 0 unspecified atom stereocenters. The second kappa shape index (κ2) is 10.9. The maximum atomic E-state index is 12.4. The van der Waals surface area contributed by atoms with Crippen molar-refractivity contribution in [3.8, 4) is 11.5 Å². The van der Waals surface area contributed by atoms with Gasteiger partial charge in [0.25, 0.3) is 11.1 Å². The van der Waals surface area contributed by atoms with Gasteiger partial charge in [0.1, 0.15) is 5.76 Å². The molecule has 0 bridgehead atoms. The molecule has 2 heterocycles. The standard InChI is InChI=1S/C27H22N4O4S/c32-24(28-15-18-5-3-8-21(13-18)25(33)29-16-23-9-4-12-34-23)17-36-27-31-30-26(35-27)22-11-10-19-6-1-2-7-20(19)14-22/h1-14H,15-17H2,(H,28,32)(H,29,33). The number of thioether (sulfide) groups is 1. The van der Waals surface area contributed by atoms with Crippen LogP contribution in [-0.4, -0.2) is 27.8 Å². The van der Waals surface area contributed by atoms with E-state index < -0.39 is 0 Å². The van der Waals surface area contributed by atoms with Crippen LogP contribution in [0, 0.1) is 0 Å². The van der Waals surface area contributed by atoms with Crippen molar-refractivity contribution in [2.24, 2.45) is 0 Å². The van der Waals surface area contributed by atoms with Crippen LogP contribution in [0.4, 0.5) is 0 Å². The van der Waals surface area contributed by atoms with Crippen molar-refractivity contribution < 1.29 is 18.4 Å². The first-order valence-corrected chi connectivity index (χ1v) is 12.2. The zero-order valence-corrected chi connectivity index (χ0v) is 20.0. The normalized spacial score (nSPS) is 10.9. The fraction of sp³-hybridized carbons (Fsp3) is 0.111. The van der Waals surface area contributed by atoms with E-state index in [1.54, 1.807) is 36.6 Å². The molecule has 0 aliphatic rings. The Bertz CT molecular complexity index is 1500. The summed E-state index contributed by atoms with van der Waals surface area (Å²) in [6, 6.07) is 24.6. The van der Waals surface area contributed by atoms with Gasteiger partial charge in [-0.3, -0.25) is 9.59 Å². The van der Waals surface area contributed by atoms with E-state index in [1.165, 1.54) is 11.8 Å². The van der Waals surface area contributed by atoms with Crippen molar-refractivity contribution in [1.82, 2.24) is 20.8 Å². The number of benzene rings is 3. The maximum Gasteiger partial charge on any atom is 0.277 e. The molecule has 36 heavy (non-hydrogen) atoms. The number of nitrogens with zero attached hydrogens (tertiary/aromatic N) is 2. The van der Waals surface area contributed by atoms with Crippen LogP contribution in [0.15, 0.2) is 99.2 Å². The molecule has 9 heteroatoms. The molecule has 3 aromatic carbocycles. The lowest BCUT2D eigenvalue weighted by atomic mass is 10.1. The Hall–Kier alpha value is -4.37. The molecule has 5 aromatic rings. The Balaban J connectivity index is 1.11. The van der Waals surface area contributed by atoms with Gasteiger partial charge in [-0.2, -0.15) is 0 Å². The van der Waals surface area contributed by atoms with Crippen molar-refractivity contribution in [3.63, 3.8) is 0 Å². The monoisotopic (exact) mass is 498 g/mol. The molecule has 2 aromatic heterocycles. The number of furan rings is 1. The zero-order chi connectivity index (χ0) is 24.7. The lowest BCUT2D eigenvalue weighted by molar-refractivity contribution is -0.118. The molecule has 180 valence electrons. The van der Waals surface area contributed by atoms with Gasteiger partial charge < -0.3 is 19.5 Å². The van der Waals surface area contributed by atoms with Crippen molar-refractivity contribution in [2.75, 3.05) is 5.75 Å². The fourth-order valence-corrected chi connectivity index (χ4v) is 4.18. The van der Waals surface area contributed by atoms with Crippen LogP contribution >= 0.6 is 11.8 Å². The molecule has 8 nitrogen and oxygen atoms in total. The number of amides is 2. The van der Waals surface area contributed by atoms with Gasteiger partial charge in [-0.05, 0) is 52.7 Å². The maximum absolute atomic E-state index is 12.4. The van der Waals surface area contributed by atoms with Crippen LogP contribution < -0.4 is 10.6 Å². The van der Waals surface area contributed by atoms with Crippen LogP contribution in [-0.2, 0) is 17.9 Å². The fourth-order valence-electron chi connectivity index (χ4n) is 3.59. The number of carbonyl (C=O) groups is 2. The second-order valence-corrected chi connectivity index (χ2v) is 8.89. The minimum absolute atomic E-state index is 0.128. The molecule has 2 amide bonds. The summed E-state index contributed by atoms with van der Waals surface area (Å²) < 4.78 is 11.0. The van der Waals surface area contributed by atoms with Crippen molar-refractivity contribution in [2.45, 2.75) is 18.3 Å². The van der Waals surface area contributed by atoms with Gasteiger partial charge in [0, 0.05) is 17.7 Å². The number of rotatable bonds is 9. The number of fused-ring (bicyclic) bond motifs is 1. The highest BCUT2D eigenvalue weighted by molar-refractivity contribution is 7.99. The van der Waals surface area contributed by atoms with Gasteiger partial charge in [-0.1, -0.05) is 54.2 Å². The van der Waals surface area contributed by atoms with Gasteiger partial charge in [0.15, 0.2) is 0 Å². The number of nitrogens with one attached hydrogen (secondary N) is 2. The Kier molecular flexibility index (Phi) is 7.09. The first-order valence-electron chi connectivity index (χ1n) is 11.3. The van der Waals surface area contributed by atoms with Gasteiger partial charge >= 0.3 is 0 Å². The molecule has 0 saturated heterocycles. The molecule has 0 saturated carbocycles. The van der Waals surface area contributed by atoms with Crippen LogP contribution in [0.25, 0.3) is 22.2 Å². The van der Waals surface area contributed by atoms with E-state index in [2.05, 4.69) is 20.8 Å². The van der Waals surface area contributed by atoms with Crippen molar-refractivity contribution >= 4 is 34.3 Å². The molecule has 2 N–H and O–H groups in total. The van der Waals surface area contributed by atoms with Gasteiger partial charge in [-0.25, -0.2) is 0 Å². The third kappa shape index (κ3) is 5.81. The molecule has 5 rings (SSSR count). The predicted octanol–water partition coefficient (Wildman–Crippen LogP) is 4.82. The van der Waals surface area contributed by atoms with Crippen LogP contribution in [0.3, 0.4) is 0 Å². The molecule has 0 spiro atoms. The molecular weight excluding hydrogens is 476 g/mol. The van der Waals surface area contributed by atoms with Gasteiger partial charge in [-0.15, -0.1) is 10.2 Å². The van der Waals surface area contributed by atoms with E-state index in [1.807, 2.05) is 48.5 Å². The summed E-state index contributed by atoms with van der Waals surface area (Å²) >= 11 is 1.17. The minimum Gasteiger partial charge on any atom is -0.467 e. The summed E-state index contributed by atoms with van der Waals surface area (Å²) in [5.74, 6) is 0.815. The molecule has 0 radical (unpaired) electrons. The Morgan fingerprint density at radius 3 is 2.58 bits per heavy atom. The van der Waals surface area contributed by atoms with E-state index >= 15 is 0 Å². The first kappa shape index (κ1) is 23.4. The van der Waals surface area contributed by atoms with Gasteiger partial charge in [0.05, 0.1) is 18.6 Å². The second-order valence-electron chi connectivity index (χ2n) is 7.96. The summed E-state index contributed by atoms with van der Waals surface area (Å²) in [5.41, 5.74) is 2.15. The number of hydrogen-bond acceptors (Lipinski definition) is 7. The smallest absolute Gasteiger partial charge is 0.277 e. The lowest BCUT2D eigenvalue weighted by Gasteiger charge is -2.07. The molecule has 0 atom stereocenters. The van der Waals surface area contributed by atoms with E-state index in [0.29, 0.717) is 35.5 Å². The topological polar surface area (TPSA) is 110 Å². The predicted molar refractivity (Wildman–Crippen MR) is 136 cm³/mol. The number of hydrogen-bond donors (Lipinski definition) is 2. The molecule has 0 aliphatic heterocycles. The highest BCUT2D eigenvalue weighted by atomic mass is 32.2. The van der Waals surface area contributed by atoms with E-state index in [-0.39, 0.29) is 17.6 Å². The van der Waals surface area contributed by atoms with E-state index in [4.69, 9.17) is 8.83 Å². The highest BCUT2D eigenvalue weighted by Crippen LogP contribution is 2.26. The summed E-state index contributed by atoms with van der Waals surface area (Å²) in [5, 5.41) is 16.4. The number of carbonyl (C=O) groups excluding carboxylic acids is 2. The van der Waals surface area contributed by atoms with Crippen LogP contribution in [0.2, 0.25) is 0 Å². The summed E-state index contributed by atoms with van der Waals surface area (Å²) in [7, 11) is 0. The van der Waals surface area contributed by atoms with Crippen LogP contribution in [0.1, 0.15) is 21.7 Å². The third-order valence-electron chi connectivity index (χ3n) is 5.41. The summed E-state index contributed by atoms with van der Waals surface area (Å²) in [6.07, 6.45) is 1.56. The molecular formula is C27H22N4O4S. The Labute approximate surface area is 211 Å². The SMILES string of the molecule is O=C(CSc1nnc(-c2ccc3ccccc3c2)o1)NCc1cccc(C(=O)NCc2ccco2)c1. The van der Waals surface area contributed by atoms with E-state index in [9.17, 15) is 9.59 Å². The molecule has 0 fully saturated rings. The first-order chi connectivity index (χ1) is 17.6. The van der Waals surface area contributed by atoms with Crippen molar-refractivity contribution in [1.29, 1.82) is 0 Å². The average molecular weight is 499 g/mol. The number of aromatic nitrogens is 2. The quantitative estimate of drug-likeness (QED) is 0.280. The van der Waals surface area contributed by atoms with Gasteiger partial charge in [0.2, 0.25) is 11.8 Å². The Morgan fingerprint density at radius 1 is 0.833 bits per heavy atom. The lowest BCUT2D eigenvalue weighted by Crippen LogP contribution is -2.25. The van der Waals surface area contributed by atoms with Crippen molar-refractivity contribution in [3.05, 3.63) is 102 Å². The Morgan fingerprint density at radius 2 is 1.72 bits per heavy atom. The minimum atomic E-state index is -0.214. The van der Waals surface area contributed by atoms with E-state index in [0.717, 1.165) is 21.9 Å². The zero-order valence-electron chi connectivity index (χ0n) is 19.1. The summed E-state index contributed by atoms with van der Waals surface area (Å²) in [6.45, 7) is 0.604. The molecule has 0 aliphatic carbocycles. The summed E-state index contributed by atoms with van der Waals surface area (Å²) in [4.78, 5) is 24.7. The highest BCUT2D eigenvalue weighted by Gasteiger charge is 2.12. The largest absolute Gasteiger partial charge is 0.467 e.